The largest absolute Gasteiger partial charge is 0.392 e. The van der Waals surface area contributed by atoms with Crippen LogP contribution < -0.4 is 0 Å². The van der Waals surface area contributed by atoms with Crippen LogP contribution in [0.5, 0.6) is 0 Å². The van der Waals surface area contributed by atoms with E-state index in [-0.39, 0.29) is 12.0 Å². The summed E-state index contributed by atoms with van der Waals surface area (Å²) in [6.45, 7) is 0. The first kappa shape index (κ1) is 18.1. The van der Waals surface area contributed by atoms with Gasteiger partial charge in [0.1, 0.15) is 0 Å². The fourth-order valence-electron chi connectivity index (χ4n) is 4.70. The van der Waals surface area contributed by atoms with Crippen LogP contribution in [-0.2, 0) is 0 Å². The first-order valence-corrected chi connectivity index (χ1v) is 10.5. The number of rotatable bonds is 3. The maximum atomic E-state index is 10.8. The summed E-state index contributed by atoms with van der Waals surface area (Å²) in [7, 11) is 0. The Morgan fingerprint density at radius 3 is 1.93 bits per heavy atom. The lowest BCUT2D eigenvalue weighted by atomic mass is 9.81. The average molecular weight is 380 g/mol. The Kier molecular flexibility index (Phi) is 4.87. The second kappa shape index (κ2) is 7.81. The molecule has 2 atom stereocenters. The Balaban J connectivity index is 1.85. The first-order valence-electron chi connectivity index (χ1n) is 10.5. The van der Waals surface area contributed by atoms with Crippen LogP contribution in [0, 0.1) is 0 Å². The third kappa shape index (κ3) is 3.34. The summed E-state index contributed by atoms with van der Waals surface area (Å²) in [6, 6.07) is 29.5. The minimum absolute atomic E-state index is 0.0981. The summed E-state index contributed by atoms with van der Waals surface area (Å²) in [6.07, 6.45) is 3.80. The normalized spacial score (nSPS) is 19.3. The lowest BCUT2D eigenvalue weighted by Gasteiger charge is -2.29. The molecule has 2 nitrogen and oxygen atoms in total. The van der Waals surface area contributed by atoms with Gasteiger partial charge in [0.2, 0.25) is 0 Å². The lowest BCUT2D eigenvalue weighted by Crippen LogP contribution is -2.24. The van der Waals surface area contributed by atoms with Crippen molar-refractivity contribution in [2.24, 2.45) is 0 Å². The van der Waals surface area contributed by atoms with Gasteiger partial charge in [0, 0.05) is 22.4 Å². The maximum Gasteiger partial charge on any atom is 0.0790 e. The third-order valence-corrected chi connectivity index (χ3v) is 6.13. The molecule has 1 N–H and O–H groups in total. The Morgan fingerprint density at radius 2 is 1.24 bits per heavy atom. The van der Waals surface area contributed by atoms with E-state index in [1.165, 1.54) is 16.5 Å². The number of aliphatic hydroxyl groups excluding tert-OH is 1. The predicted octanol–water partition coefficient (Wildman–Crippen LogP) is 6.59. The quantitative estimate of drug-likeness (QED) is 0.436. The molecule has 0 unspecified atom stereocenters. The molecule has 0 spiro atoms. The molecule has 1 saturated carbocycles. The molecule has 0 saturated heterocycles. The number of hydrogen-bond donors (Lipinski definition) is 1. The zero-order chi connectivity index (χ0) is 19.6. The van der Waals surface area contributed by atoms with Crippen molar-refractivity contribution in [2.75, 3.05) is 0 Å². The molecule has 0 bridgehead atoms. The standard InChI is InChI=1S/C27H25NO/c29-24-18-10-9-17-23(24)27-22-16-8-7-15-21(22)25(19-11-3-1-4-12-19)26(28-27)20-13-5-2-6-14-20/h1-8,11-16,23-24,29H,9-10,17-18H2/t23-,24+/m0/s1. The van der Waals surface area contributed by atoms with Crippen LogP contribution in [0.2, 0.25) is 0 Å². The number of benzene rings is 3. The molecule has 144 valence electrons. The Hall–Kier alpha value is -2.97. The van der Waals surface area contributed by atoms with E-state index in [9.17, 15) is 5.11 Å². The number of pyridine rings is 1. The first-order chi connectivity index (χ1) is 14.3. The number of nitrogens with zero attached hydrogens (tertiary/aromatic N) is 1. The van der Waals surface area contributed by atoms with Gasteiger partial charge in [-0.15, -0.1) is 0 Å². The van der Waals surface area contributed by atoms with Gasteiger partial charge in [-0.2, -0.15) is 0 Å². The number of aliphatic hydroxyl groups is 1. The summed E-state index contributed by atoms with van der Waals surface area (Å²) in [4.78, 5) is 5.26. The van der Waals surface area contributed by atoms with E-state index in [0.29, 0.717) is 0 Å². The van der Waals surface area contributed by atoms with Crippen molar-refractivity contribution in [1.82, 2.24) is 4.98 Å². The van der Waals surface area contributed by atoms with E-state index in [0.717, 1.165) is 48.0 Å². The number of hydrogen-bond acceptors (Lipinski definition) is 2. The molecule has 1 fully saturated rings. The van der Waals surface area contributed by atoms with Gasteiger partial charge in [0.15, 0.2) is 0 Å². The van der Waals surface area contributed by atoms with E-state index >= 15 is 0 Å². The van der Waals surface area contributed by atoms with Crippen molar-refractivity contribution >= 4 is 10.8 Å². The number of aromatic nitrogens is 1. The highest BCUT2D eigenvalue weighted by atomic mass is 16.3. The topological polar surface area (TPSA) is 33.1 Å². The van der Waals surface area contributed by atoms with Crippen molar-refractivity contribution in [3.63, 3.8) is 0 Å². The van der Waals surface area contributed by atoms with E-state index < -0.39 is 0 Å². The van der Waals surface area contributed by atoms with Crippen molar-refractivity contribution in [3.8, 4) is 22.4 Å². The van der Waals surface area contributed by atoms with Gasteiger partial charge in [-0.05, 0) is 23.8 Å². The van der Waals surface area contributed by atoms with E-state index in [1.807, 2.05) is 12.1 Å². The van der Waals surface area contributed by atoms with E-state index in [4.69, 9.17) is 4.98 Å². The zero-order valence-electron chi connectivity index (χ0n) is 16.5. The van der Waals surface area contributed by atoms with Crippen molar-refractivity contribution in [3.05, 3.63) is 90.6 Å². The summed E-state index contributed by atoms with van der Waals surface area (Å²) in [5, 5.41) is 13.2. The molecule has 3 aromatic carbocycles. The van der Waals surface area contributed by atoms with Crippen LogP contribution in [0.4, 0.5) is 0 Å². The smallest absolute Gasteiger partial charge is 0.0790 e. The SMILES string of the molecule is O[C@@H]1CCCC[C@@H]1c1nc(-c2ccccc2)c(-c2ccccc2)c2ccccc12. The zero-order valence-corrected chi connectivity index (χ0v) is 16.5. The second-order valence-electron chi connectivity index (χ2n) is 7.96. The van der Waals surface area contributed by atoms with Crippen LogP contribution >= 0.6 is 0 Å². The van der Waals surface area contributed by atoms with Crippen LogP contribution in [0.1, 0.15) is 37.3 Å². The summed E-state index contributed by atoms with van der Waals surface area (Å²) >= 11 is 0. The molecular formula is C27H25NO. The lowest BCUT2D eigenvalue weighted by molar-refractivity contribution is 0.105. The van der Waals surface area contributed by atoms with Crippen LogP contribution in [0.15, 0.2) is 84.9 Å². The van der Waals surface area contributed by atoms with Crippen molar-refractivity contribution in [1.29, 1.82) is 0 Å². The maximum absolute atomic E-state index is 10.8. The average Bonchev–Trinajstić information content (AvgIpc) is 2.79. The van der Waals surface area contributed by atoms with Gasteiger partial charge in [-0.25, -0.2) is 0 Å². The van der Waals surface area contributed by atoms with Gasteiger partial charge in [-0.3, -0.25) is 4.98 Å². The molecule has 1 aliphatic rings. The fraction of sp³-hybridized carbons (Fsp3) is 0.222. The minimum Gasteiger partial charge on any atom is -0.392 e. The molecule has 0 amide bonds. The molecule has 5 rings (SSSR count). The van der Waals surface area contributed by atoms with Gasteiger partial charge in [0.25, 0.3) is 0 Å². The van der Waals surface area contributed by atoms with Crippen LogP contribution in [0.25, 0.3) is 33.2 Å². The van der Waals surface area contributed by atoms with Gasteiger partial charge in [0.05, 0.1) is 17.5 Å². The molecule has 0 radical (unpaired) electrons. The molecule has 0 aliphatic heterocycles. The molecule has 1 aromatic heterocycles. The van der Waals surface area contributed by atoms with Gasteiger partial charge in [-0.1, -0.05) is 97.8 Å². The summed E-state index contributed by atoms with van der Waals surface area (Å²) in [5.74, 6) is 0.0981. The summed E-state index contributed by atoms with van der Waals surface area (Å²) in [5.41, 5.74) is 5.51. The molecule has 29 heavy (non-hydrogen) atoms. The fourth-order valence-corrected chi connectivity index (χ4v) is 4.70. The summed E-state index contributed by atoms with van der Waals surface area (Å²) < 4.78 is 0. The molecular weight excluding hydrogens is 354 g/mol. The molecule has 4 aromatic rings. The third-order valence-electron chi connectivity index (χ3n) is 6.13. The highest BCUT2D eigenvalue weighted by Gasteiger charge is 2.29. The van der Waals surface area contributed by atoms with Gasteiger partial charge < -0.3 is 5.11 Å². The van der Waals surface area contributed by atoms with E-state index in [1.54, 1.807) is 0 Å². The van der Waals surface area contributed by atoms with Gasteiger partial charge >= 0.3 is 0 Å². The monoisotopic (exact) mass is 379 g/mol. The predicted molar refractivity (Wildman–Crippen MR) is 120 cm³/mol. The van der Waals surface area contributed by atoms with Crippen molar-refractivity contribution in [2.45, 2.75) is 37.7 Å². The minimum atomic E-state index is -0.314. The Labute approximate surface area is 171 Å². The number of fused-ring (bicyclic) bond motifs is 1. The van der Waals surface area contributed by atoms with Crippen molar-refractivity contribution < 1.29 is 5.11 Å². The molecule has 2 heteroatoms. The highest BCUT2D eigenvalue weighted by Crippen LogP contribution is 2.42. The Bertz CT molecular complexity index is 1120. The highest BCUT2D eigenvalue weighted by molar-refractivity contribution is 6.03. The van der Waals surface area contributed by atoms with Crippen LogP contribution in [0.3, 0.4) is 0 Å². The molecule has 1 heterocycles. The Morgan fingerprint density at radius 1 is 0.655 bits per heavy atom. The van der Waals surface area contributed by atoms with E-state index in [2.05, 4.69) is 72.8 Å². The van der Waals surface area contributed by atoms with Crippen LogP contribution in [-0.4, -0.2) is 16.2 Å². The molecule has 1 aliphatic carbocycles. The second-order valence-corrected chi connectivity index (χ2v) is 7.96.